The fraction of sp³-hybridized carbons (Fsp3) is 0.500. The van der Waals surface area contributed by atoms with Crippen molar-refractivity contribution in [2.24, 2.45) is 5.92 Å². The van der Waals surface area contributed by atoms with Crippen LogP contribution in [0.3, 0.4) is 0 Å². The van der Waals surface area contributed by atoms with Crippen LogP contribution in [0.15, 0.2) is 30.7 Å². The number of pyridine rings is 1. The Morgan fingerprint density at radius 2 is 1.89 bits per heavy atom. The first kappa shape index (κ1) is 24.9. The minimum atomic E-state index is -4.73. The average molecular weight is 508 g/mol. The fourth-order valence-electron chi connectivity index (χ4n) is 3.89. The number of aromatic nitrogens is 5. The van der Waals surface area contributed by atoms with Crippen LogP contribution in [0.4, 0.5) is 36.6 Å². The molecule has 2 atom stereocenters. The first-order valence-electron chi connectivity index (χ1n) is 10.4. The summed E-state index contributed by atoms with van der Waals surface area (Å²) in [5, 5.41) is 3.83. The summed E-state index contributed by atoms with van der Waals surface area (Å²) in [4.78, 5) is 13.3. The third-order valence-electron chi connectivity index (χ3n) is 5.28. The van der Waals surface area contributed by atoms with E-state index in [0.29, 0.717) is 0 Å². The minimum Gasteiger partial charge on any atom is -0.491 e. The molecule has 0 radical (unpaired) electrons. The molecule has 1 fully saturated rings. The zero-order valence-electron chi connectivity index (χ0n) is 17.9. The number of halogens is 7. The van der Waals surface area contributed by atoms with Crippen molar-refractivity contribution in [1.29, 1.82) is 0 Å². The van der Waals surface area contributed by atoms with Gasteiger partial charge in [-0.3, -0.25) is 0 Å². The van der Waals surface area contributed by atoms with E-state index in [4.69, 9.17) is 4.74 Å². The minimum absolute atomic E-state index is 0.0231. The molecule has 190 valence electrons. The number of anilines is 1. The Morgan fingerprint density at radius 3 is 2.60 bits per heavy atom. The van der Waals surface area contributed by atoms with Crippen LogP contribution in [0.2, 0.25) is 0 Å². The van der Waals surface area contributed by atoms with Crippen molar-refractivity contribution >= 4 is 17.0 Å². The lowest BCUT2D eigenvalue weighted by atomic mass is 9.96. The smallest absolute Gasteiger partial charge is 0.437 e. The first-order valence-corrected chi connectivity index (χ1v) is 10.4. The summed E-state index contributed by atoms with van der Waals surface area (Å²) in [7, 11) is 0. The number of hydrogen-bond donors (Lipinski definition) is 0. The van der Waals surface area contributed by atoms with Crippen LogP contribution in [0.5, 0.6) is 5.75 Å². The van der Waals surface area contributed by atoms with E-state index in [1.54, 1.807) is 4.90 Å². The monoisotopic (exact) mass is 508 g/mol. The van der Waals surface area contributed by atoms with E-state index < -0.39 is 49.2 Å². The van der Waals surface area contributed by atoms with Gasteiger partial charge in [0.25, 0.3) is 6.43 Å². The van der Waals surface area contributed by atoms with Crippen LogP contribution in [-0.2, 0) is 17.5 Å². The molecule has 0 saturated carbocycles. The molecule has 1 aliphatic heterocycles. The Labute approximate surface area is 193 Å². The molecule has 1 aliphatic rings. The average Bonchev–Trinajstić information content (AvgIpc) is 3.18. The summed E-state index contributed by atoms with van der Waals surface area (Å²) < 4.78 is 102. The fourth-order valence-corrected chi connectivity index (χ4v) is 3.89. The number of ether oxygens (including phenoxy) is 2. The van der Waals surface area contributed by atoms with E-state index in [1.807, 2.05) is 0 Å². The van der Waals surface area contributed by atoms with Crippen molar-refractivity contribution in [3.63, 3.8) is 0 Å². The van der Waals surface area contributed by atoms with E-state index in [2.05, 4.69) is 24.8 Å². The van der Waals surface area contributed by atoms with E-state index in [-0.39, 0.29) is 43.1 Å². The SMILES string of the molecule is FC(F)Cn1ncc2ncc(N3C[C@H](COc4cccnc4C(F)(F)F)C[C@H](OC(F)F)C3)nc21. The second kappa shape index (κ2) is 10.2. The van der Waals surface area contributed by atoms with Gasteiger partial charge in [0, 0.05) is 25.2 Å². The standard InChI is InChI=1S/C20H19F7N6O2/c21-15(22)9-33-18-13(5-30-33)29-6-16(31-18)32-7-11(4-12(8-32)35-19(23)24)10-34-14-2-1-3-28-17(14)20(25,26)27/h1-3,5-6,11-12,15,19H,4,7-10H2/t11-,12+/m1/s1. The van der Waals surface area contributed by atoms with E-state index in [9.17, 15) is 30.7 Å². The molecule has 35 heavy (non-hydrogen) atoms. The zero-order valence-corrected chi connectivity index (χ0v) is 17.9. The van der Waals surface area contributed by atoms with Crippen LogP contribution in [0.1, 0.15) is 12.1 Å². The predicted octanol–water partition coefficient (Wildman–Crippen LogP) is 4.02. The highest BCUT2D eigenvalue weighted by Crippen LogP contribution is 2.35. The Morgan fingerprint density at radius 1 is 1.09 bits per heavy atom. The summed E-state index contributed by atoms with van der Waals surface area (Å²) in [6.07, 6.45) is -4.73. The van der Waals surface area contributed by atoms with Crippen molar-refractivity contribution < 1.29 is 40.2 Å². The Bertz CT molecular complexity index is 1140. The van der Waals surface area contributed by atoms with E-state index >= 15 is 0 Å². The van der Waals surface area contributed by atoms with Crippen LogP contribution in [0.25, 0.3) is 11.2 Å². The lowest BCUT2D eigenvalue weighted by Crippen LogP contribution is -2.47. The number of piperidine rings is 1. The molecule has 1 saturated heterocycles. The molecule has 0 N–H and O–H groups in total. The quantitative estimate of drug-likeness (QED) is 0.426. The number of fused-ring (bicyclic) bond motifs is 1. The molecule has 0 aliphatic carbocycles. The highest BCUT2D eigenvalue weighted by atomic mass is 19.4. The summed E-state index contributed by atoms with van der Waals surface area (Å²) in [6, 6.07) is 2.40. The number of nitrogens with zero attached hydrogens (tertiary/aromatic N) is 6. The van der Waals surface area contributed by atoms with Crippen molar-refractivity contribution in [1.82, 2.24) is 24.7 Å². The Balaban J connectivity index is 1.55. The summed E-state index contributed by atoms with van der Waals surface area (Å²) in [5.41, 5.74) is -0.850. The lowest BCUT2D eigenvalue weighted by molar-refractivity contribution is -0.168. The maximum absolute atomic E-state index is 13.2. The van der Waals surface area contributed by atoms with Gasteiger partial charge >= 0.3 is 12.8 Å². The molecular weight excluding hydrogens is 489 g/mol. The summed E-state index contributed by atoms with van der Waals surface area (Å²) >= 11 is 0. The highest BCUT2D eigenvalue weighted by molar-refractivity contribution is 5.71. The molecule has 3 aromatic rings. The van der Waals surface area contributed by atoms with Gasteiger partial charge in [0.15, 0.2) is 11.3 Å². The third-order valence-corrected chi connectivity index (χ3v) is 5.28. The van der Waals surface area contributed by atoms with Crippen LogP contribution < -0.4 is 9.64 Å². The van der Waals surface area contributed by atoms with Crippen molar-refractivity contribution in [3.05, 3.63) is 36.4 Å². The largest absolute Gasteiger partial charge is 0.491 e. The van der Waals surface area contributed by atoms with Crippen molar-refractivity contribution in [3.8, 4) is 5.75 Å². The van der Waals surface area contributed by atoms with Gasteiger partial charge in [0.05, 0.1) is 25.1 Å². The van der Waals surface area contributed by atoms with Crippen LogP contribution in [-0.4, -0.2) is 63.6 Å². The normalized spacial score (nSPS) is 19.2. The molecule has 15 heteroatoms. The highest BCUT2D eigenvalue weighted by Gasteiger charge is 2.37. The van der Waals surface area contributed by atoms with Crippen molar-refractivity contribution in [2.45, 2.75) is 38.3 Å². The van der Waals surface area contributed by atoms with E-state index in [1.165, 1.54) is 18.5 Å². The molecule has 0 amide bonds. The number of rotatable bonds is 8. The van der Waals surface area contributed by atoms with Gasteiger partial charge < -0.3 is 14.4 Å². The lowest BCUT2D eigenvalue weighted by Gasteiger charge is -2.37. The molecule has 3 aromatic heterocycles. The molecule has 4 rings (SSSR count). The second-order valence-electron chi connectivity index (χ2n) is 7.84. The predicted molar refractivity (Wildman–Crippen MR) is 107 cm³/mol. The molecule has 0 unspecified atom stereocenters. The van der Waals surface area contributed by atoms with E-state index in [0.717, 1.165) is 16.9 Å². The number of alkyl halides is 7. The van der Waals surface area contributed by atoms with Gasteiger partial charge in [-0.2, -0.15) is 27.1 Å². The summed E-state index contributed by atoms with van der Waals surface area (Å²) in [6.45, 7) is -3.88. The maximum atomic E-state index is 13.2. The second-order valence-corrected chi connectivity index (χ2v) is 7.84. The Kier molecular flexibility index (Phi) is 7.23. The zero-order chi connectivity index (χ0) is 25.2. The van der Waals surface area contributed by atoms with Gasteiger partial charge in [-0.1, -0.05) is 0 Å². The van der Waals surface area contributed by atoms with Gasteiger partial charge in [0.1, 0.15) is 23.6 Å². The molecule has 0 bridgehead atoms. The number of hydrogen-bond acceptors (Lipinski definition) is 7. The Hall–Kier alpha value is -3.23. The van der Waals surface area contributed by atoms with Crippen LogP contribution >= 0.6 is 0 Å². The van der Waals surface area contributed by atoms with Gasteiger partial charge in [0.2, 0.25) is 0 Å². The van der Waals surface area contributed by atoms with Gasteiger partial charge in [-0.25, -0.2) is 28.4 Å². The molecular formula is C20H19F7N6O2. The van der Waals surface area contributed by atoms with Gasteiger partial charge in [-0.05, 0) is 18.6 Å². The third kappa shape index (κ3) is 6.07. The molecule has 0 spiro atoms. The first-order chi connectivity index (χ1) is 16.6. The molecule has 0 aromatic carbocycles. The summed E-state index contributed by atoms with van der Waals surface area (Å²) in [5.74, 6) is -0.823. The van der Waals surface area contributed by atoms with Crippen molar-refractivity contribution in [2.75, 3.05) is 24.6 Å². The molecule has 8 nitrogen and oxygen atoms in total. The van der Waals surface area contributed by atoms with Gasteiger partial charge in [-0.15, -0.1) is 0 Å². The maximum Gasteiger partial charge on any atom is 0.437 e. The van der Waals surface area contributed by atoms with Crippen LogP contribution in [0, 0.1) is 5.92 Å². The topological polar surface area (TPSA) is 78.2 Å². The molecule has 4 heterocycles.